The van der Waals surface area contributed by atoms with E-state index >= 15 is 0 Å². The highest BCUT2D eigenvalue weighted by Crippen LogP contribution is 2.20. The lowest BCUT2D eigenvalue weighted by Gasteiger charge is -2.11. The summed E-state index contributed by atoms with van der Waals surface area (Å²) >= 11 is 0. The van der Waals surface area contributed by atoms with Crippen molar-refractivity contribution < 1.29 is 14.6 Å². The first-order chi connectivity index (χ1) is 10.7. The maximum atomic E-state index is 12.3. The van der Waals surface area contributed by atoms with Gasteiger partial charge in [0.05, 0.1) is 11.6 Å². The third kappa shape index (κ3) is 4.44. The molecule has 1 atom stereocenters. The van der Waals surface area contributed by atoms with Crippen molar-refractivity contribution in [2.75, 3.05) is 6.61 Å². The number of nitriles is 1. The van der Waals surface area contributed by atoms with Crippen molar-refractivity contribution in [1.82, 2.24) is 0 Å². The second-order valence-corrected chi connectivity index (χ2v) is 4.86. The number of aliphatic hydroxyl groups excluding tert-OH is 1. The summed E-state index contributed by atoms with van der Waals surface area (Å²) in [6.45, 7) is -0.153. The van der Waals surface area contributed by atoms with Crippen molar-refractivity contribution in [2.45, 2.75) is 18.9 Å². The van der Waals surface area contributed by atoms with Gasteiger partial charge in [-0.1, -0.05) is 42.5 Å². The Hall–Kier alpha value is -2.64. The topological polar surface area (TPSA) is 70.3 Å². The van der Waals surface area contributed by atoms with Crippen molar-refractivity contribution in [3.63, 3.8) is 0 Å². The molecule has 0 spiro atoms. The molecule has 0 aliphatic carbocycles. The van der Waals surface area contributed by atoms with Gasteiger partial charge in [-0.3, -0.25) is 4.79 Å². The number of benzene rings is 2. The van der Waals surface area contributed by atoms with Gasteiger partial charge in [0.25, 0.3) is 0 Å². The van der Waals surface area contributed by atoms with E-state index in [4.69, 9.17) is 10.00 Å². The van der Waals surface area contributed by atoms with Crippen LogP contribution in [0.25, 0.3) is 0 Å². The first-order valence-electron chi connectivity index (χ1n) is 7.07. The Morgan fingerprint density at radius 1 is 1.14 bits per heavy atom. The highest BCUT2D eigenvalue weighted by molar-refractivity contribution is 5.98. The summed E-state index contributed by atoms with van der Waals surface area (Å²) in [7, 11) is 0. The first-order valence-corrected chi connectivity index (χ1v) is 7.07. The first kappa shape index (κ1) is 15.7. The molecule has 4 nitrogen and oxygen atoms in total. The van der Waals surface area contributed by atoms with Gasteiger partial charge in [0.2, 0.25) is 0 Å². The monoisotopic (exact) mass is 295 g/mol. The molecular formula is C18H17NO3. The van der Waals surface area contributed by atoms with Crippen LogP contribution in [0, 0.1) is 11.3 Å². The number of ether oxygens (including phenoxy) is 1. The van der Waals surface area contributed by atoms with Crippen LogP contribution in [0.15, 0.2) is 54.6 Å². The number of carbonyl (C=O) groups is 1. The lowest BCUT2D eigenvalue weighted by atomic mass is 10.0. The van der Waals surface area contributed by atoms with Crippen LogP contribution in [0.1, 0.15) is 22.3 Å². The average molecular weight is 295 g/mol. The van der Waals surface area contributed by atoms with Gasteiger partial charge in [-0.05, 0) is 24.1 Å². The fraction of sp³-hybridized carbons (Fsp3) is 0.222. The number of nitrogens with zero attached hydrogens (tertiary/aromatic N) is 1. The smallest absolute Gasteiger partial charge is 0.174 e. The third-order valence-corrected chi connectivity index (χ3v) is 3.22. The van der Waals surface area contributed by atoms with E-state index in [0.29, 0.717) is 24.2 Å². The number of carbonyl (C=O) groups excluding carboxylic acids is 1. The minimum atomic E-state index is -1.20. The van der Waals surface area contributed by atoms with E-state index in [9.17, 15) is 9.90 Å². The standard InChI is InChI=1S/C18H17NO3/c19-12-15(20)13-22-18-9-5-4-8-16(18)17(21)11-10-14-6-2-1-3-7-14/h1-9,15,20H,10-11,13H2. The Kier molecular flexibility index (Phi) is 5.70. The number of hydrogen-bond donors (Lipinski definition) is 1. The van der Waals surface area contributed by atoms with Gasteiger partial charge >= 0.3 is 0 Å². The fourth-order valence-electron chi connectivity index (χ4n) is 2.07. The van der Waals surface area contributed by atoms with Crippen molar-refractivity contribution in [3.8, 4) is 11.8 Å². The van der Waals surface area contributed by atoms with E-state index in [1.54, 1.807) is 30.3 Å². The number of aliphatic hydroxyl groups is 1. The molecule has 22 heavy (non-hydrogen) atoms. The lowest BCUT2D eigenvalue weighted by molar-refractivity contribution is 0.0973. The molecule has 0 bridgehead atoms. The zero-order valence-electron chi connectivity index (χ0n) is 12.1. The van der Waals surface area contributed by atoms with E-state index in [1.165, 1.54) is 0 Å². The predicted molar refractivity (Wildman–Crippen MR) is 82.7 cm³/mol. The summed E-state index contributed by atoms with van der Waals surface area (Å²) in [6, 6.07) is 18.4. The summed E-state index contributed by atoms with van der Waals surface area (Å²) in [5.41, 5.74) is 1.58. The summed E-state index contributed by atoms with van der Waals surface area (Å²) in [5.74, 6) is 0.376. The van der Waals surface area contributed by atoms with Crippen molar-refractivity contribution in [1.29, 1.82) is 5.26 Å². The van der Waals surface area contributed by atoms with Gasteiger partial charge in [-0.2, -0.15) is 5.26 Å². The molecule has 0 aromatic heterocycles. The summed E-state index contributed by atoms with van der Waals surface area (Å²) in [5, 5.41) is 17.8. The number of para-hydroxylation sites is 1. The Morgan fingerprint density at radius 3 is 2.55 bits per heavy atom. The van der Waals surface area contributed by atoms with Crippen LogP contribution in [0.5, 0.6) is 5.75 Å². The molecule has 2 rings (SSSR count). The van der Waals surface area contributed by atoms with Crippen molar-refractivity contribution in [2.24, 2.45) is 0 Å². The Balaban J connectivity index is 2.01. The maximum Gasteiger partial charge on any atom is 0.174 e. The predicted octanol–water partition coefficient (Wildman–Crippen LogP) is 2.77. The molecule has 0 amide bonds. The minimum Gasteiger partial charge on any atom is -0.489 e. The molecule has 0 aliphatic heterocycles. The number of ketones is 1. The molecule has 112 valence electrons. The second kappa shape index (κ2) is 7.96. The lowest BCUT2D eigenvalue weighted by Crippen LogP contribution is -2.16. The van der Waals surface area contributed by atoms with E-state index in [-0.39, 0.29) is 12.4 Å². The molecule has 1 N–H and O–H groups in total. The van der Waals surface area contributed by atoms with Crippen molar-refractivity contribution in [3.05, 3.63) is 65.7 Å². The van der Waals surface area contributed by atoms with Crippen LogP contribution >= 0.6 is 0 Å². The van der Waals surface area contributed by atoms with E-state index < -0.39 is 6.10 Å². The maximum absolute atomic E-state index is 12.3. The van der Waals surface area contributed by atoms with E-state index in [0.717, 1.165) is 5.56 Å². The number of Topliss-reactive ketones (excluding diaryl/α,β-unsaturated/α-hetero) is 1. The molecule has 0 heterocycles. The van der Waals surface area contributed by atoms with Crippen LogP contribution in [0.2, 0.25) is 0 Å². The third-order valence-electron chi connectivity index (χ3n) is 3.22. The van der Waals surface area contributed by atoms with Gasteiger partial charge in [-0.15, -0.1) is 0 Å². The van der Waals surface area contributed by atoms with Crippen LogP contribution in [0.4, 0.5) is 0 Å². The van der Waals surface area contributed by atoms with Crippen LogP contribution < -0.4 is 4.74 Å². The molecule has 2 aromatic carbocycles. The molecule has 0 saturated carbocycles. The molecule has 0 radical (unpaired) electrons. The van der Waals surface area contributed by atoms with Gasteiger partial charge < -0.3 is 9.84 Å². The highest BCUT2D eigenvalue weighted by Gasteiger charge is 2.13. The van der Waals surface area contributed by atoms with Gasteiger partial charge in [0.15, 0.2) is 11.9 Å². The fourth-order valence-corrected chi connectivity index (χ4v) is 2.07. The quantitative estimate of drug-likeness (QED) is 0.630. The minimum absolute atomic E-state index is 0.0223. The molecular weight excluding hydrogens is 278 g/mol. The Morgan fingerprint density at radius 2 is 1.82 bits per heavy atom. The number of rotatable bonds is 7. The van der Waals surface area contributed by atoms with Crippen LogP contribution in [-0.4, -0.2) is 23.6 Å². The largest absolute Gasteiger partial charge is 0.489 e. The van der Waals surface area contributed by atoms with Gasteiger partial charge in [-0.25, -0.2) is 0 Å². The van der Waals surface area contributed by atoms with E-state index in [1.807, 2.05) is 30.3 Å². The molecule has 0 aliphatic rings. The van der Waals surface area contributed by atoms with Crippen molar-refractivity contribution >= 4 is 5.78 Å². The molecule has 1 unspecified atom stereocenters. The van der Waals surface area contributed by atoms with Crippen LogP contribution in [-0.2, 0) is 6.42 Å². The summed E-state index contributed by atoms with van der Waals surface area (Å²) in [6.07, 6.45) is -0.160. The number of aryl methyl sites for hydroxylation is 1. The summed E-state index contributed by atoms with van der Waals surface area (Å²) in [4.78, 5) is 12.3. The van der Waals surface area contributed by atoms with Crippen LogP contribution in [0.3, 0.4) is 0 Å². The van der Waals surface area contributed by atoms with Gasteiger partial charge in [0.1, 0.15) is 12.4 Å². The Labute approximate surface area is 129 Å². The SMILES string of the molecule is N#CC(O)COc1ccccc1C(=O)CCc1ccccc1. The average Bonchev–Trinajstić information content (AvgIpc) is 2.58. The molecule has 0 fully saturated rings. The highest BCUT2D eigenvalue weighted by atomic mass is 16.5. The zero-order valence-corrected chi connectivity index (χ0v) is 12.1. The summed E-state index contributed by atoms with van der Waals surface area (Å²) < 4.78 is 5.37. The van der Waals surface area contributed by atoms with Gasteiger partial charge in [0, 0.05) is 6.42 Å². The molecule has 0 saturated heterocycles. The molecule has 4 heteroatoms. The normalized spacial score (nSPS) is 11.5. The Bertz CT molecular complexity index is 662. The van der Waals surface area contributed by atoms with E-state index in [2.05, 4.69) is 0 Å². The second-order valence-electron chi connectivity index (χ2n) is 4.86. The zero-order chi connectivity index (χ0) is 15.8. The number of hydrogen-bond acceptors (Lipinski definition) is 4. The molecule has 2 aromatic rings.